The normalized spacial score (nSPS) is 13.8. The van der Waals surface area contributed by atoms with Crippen LogP contribution in [-0.4, -0.2) is 6.04 Å². The van der Waals surface area contributed by atoms with E-state index in [-0.39, 0.29) is 0 Å². The lowest BCUT2D eigenvalue weighted by Crippen LogP contribution is -2.28. The highest BCUT2D eigenvalue weighted by atomic mass is 32.1. The number of nitrogens with two attached hydrogens (primary N) is 1. The van der Waals surface area contributed by atoms with Crippen LogP contribution in [0.5, 0.6) is 0 Å². The Balaban J connectivity index is 2.52. The lowest BCUT2D eigenvalue weighted by molar-refractivity contribution is 0.493. The Morgan fingerprint density at radius 3 is 2.50 bits per heavy atom. The molecule has 1 aromatic heterocycles. The summed E-state index contributed by atoms with van der Waals surface area (Å²) in [5.74, 6) is 0.576. The van der Waals surface area contributed by atoms with E-state index in [1.54, 1.807) is 0 Å². The summed E-state index contributed by atoms with van der Waals surface area (Å²) in [6.45, 7) is 6.48. The van der Waals surface area contributed by atoms with Gasteiger partial charge >= 0.3 is 0 Å². The Morgan fingerprint density at radius 1 is 1.42 bits per heavy atom. The van der Waals surface area contributed by atoms with Gasteiger partial charge in [0.2, 0.25) is 0 Å². The smallest absolute Gasteiger partial charge is 0.0110 e. The molecule has 1 nitrogen and oxygen atoms in total. The summed E-state index contributed by atoms with van der Waals surface area (Å²) >= 11 is 1.85. The van der Waals surface area contributed by atoms with Crippen molar-refractivity contribution in [2.45, 2.75) is 33.2 Å². The molecule has 0 saturated heterocycles. The highest BCUT2D eigenvalue weighted by Crippen LogP contribution is 2.17. The minimum atomic E-state index is 0.308. The van der Waals surface area contributed by atoms with Crippen LogP contribution in [0.15, 0.2) is 12.1 Å². The molecule has 0 saturated carbocycles. The molecule has 2 N–H and O–H groups in total. The molecule has 0 aliphatic heterocycles. The maximum absolute atomic E-state index is 5.96. The van der Waals surface area contributed by atoms with Crippen molar-refractivity contribution in [3.05, 3.63) is 21.9 Å². The van der Waals surface area contributed by atoms with Crippen molar-refractivity contribution in [2.75, 3.05) is 0 Å². The van der Waals surface area contributed by atoms with Gasteiger partial charge in [-0.2, -0.15) is 0 Å². The number of hydrogen-bond donors (Lipinski definition) is 1. The Labute approximate surface area is 78.6 Å². The van der Waals surface area contributed by atoms with E-state index in [0.29, 0.717) is 12.0 Å². The van der Waals surface area contributed by atoms with Gasteiger partial charge in [0.25, 0.3) is 0 Å². The van der Waals surface area contributed by atoms with Crippen LogP contribution in [0.1, 0.15) is 23.6 Å². The third kappa shape index (κ3) is 2.61. The molecule has 1 atom stereocenters. The first-order chi connectivity index (χ1) is 5.59. The van der Waals surface area contributed by atoms with Crippen molar-refractivity contribution in [3.8, 4) is 0 Å². The Morgan fingerprint density at radius 2 is 2.08 bits per heavy atom. The van der Waals surface area contributed by atoms with Crippen molar-refractivity contribution in [2.24, 2.45) is 11.7 Å². The molecule has 1 unspecified atom stereocenters. The van der Waals surface area contributed by atoms with E-state index in [4.69, 9.17) is 5.73 Å². The molecule has 0 radical (unpaired) electrons. The van der Waals surface area contributed by atoms with Crippen molar-refractivity contribution >= 4 is 11.3 Å². The zero-order valence-corrected chi connectivity index (χ0v) is 8.82. The van der Waals surface area contributed by atoms with E-state index in [2.05, 4.69) is 32.9 Å². The van der Waals surface area contributed by atoms with Gasteiger partial charge in [-0.05, 0) is 31.4 Å². The number of rotatable bonds is 3. The second-order valence-corrected chi connectivity index (χ2v) is 5.00. The van der Waals surface area contributed by atoms with E-state index < -0.39 is 0 Å². The summed E-state index contributed by atoms with van der Waals surface area (Å²) in [4.78, 5) is 2.79. The van der Waals surface area contributed by atoms with Crippen LogP contribution in [0.25, 0.3) is 0 Å². The van der Waals surface area contributed by atoms with Gasteiger partial charge < -0.3 is 5.73 Å². The standard InChI is InChI=1S/C10H17NS/c1-7(2)10(11)6-9-5-4-8(3)12-9/h4-5,7,10H,6,11H2,1-3H3. The molecule has 0 aliphatic carbocycles. The topological polar surface area (TPSA) is 26.0 Å². The molecular formula is C10H17NS. The van der Waals surface area contributed by atoms with Gasteiger partial charge in [-0.3, -0.25) is 0 Å². The van der Waals surface area contributed by atoms with Crippen molar-refractivity contribution < 1.29 is 0 Å². The molecule has 0 amide bonds. The molecule has 0 fully saturated rings. The maximum Gasteiger partial charge on any atom is 0.0110 e. The minimum Gasteiger partial charge on any atom is -0.327 e. The Bertz CT molecular complexity index is 240. The molecule has 12 heavy (non-hydrogen) atoms. The van der Waals surface area contributed by atoms with E-state index in [9.17, 15) is 0 Å². The van der Waals surface area contributed by atoms with E-state index in [1.807, 2.05) is 11.3 Å². The van der Waals surface area contributed by atoms with E-state index >= 15 is 0 Å². The SMILES string of the molecule is Cc1ccc(CC(N)C(C)C)s1. The van der Waals surface area contributed by atoms with E-state index in [0.717, 1.165) is 6.42 Å². The molecule has 1 heterocycles. The van der Waals surface area contributed by atoms with Crippen LogP contribution >= 0.6 is 11.3 Å². The van der Waals surface area contributed by atoms with Gasteiger partial charge in [0.05, 0.1) is 0 Å². The Hall–Kier alpha value is -0.340. The van der Waals surface area contributed by atoms with Crippen LogP contribution < -0.4 is 5.73 Å². The first-order valence-corrected chi connectivity index (χ1v) is 5.22. The van der Waals surface area contributed by atoms with Crippen LogP contribution in [0, 0.1) is 12.8 Å². The van der Waals surface area contributed by atoms with Crippen molar-refractivity contribution in [3.63, 3.8) is 0 Å². The highest BCUT2D eigenvalue weighted by molar-refractivity contribution is 7.11. The zero-order valence-electron chi connectivity index (χ0n) is 8.00. The summed E-state index contributed by atoms with van der Waals surface area (Å²) in [6.07, 6.45) is 1.02. The monoisotopic (exact) mass is 183 g/mol. The third-order valence-electron chi connectivity index (χ3n) is 2.09. The number of hydrogen-bond acceptors (Lipinski definition) is 2. The van der Waals surface area contributed by atoms with Crippen LogP contribution in [-0.2, 0) is 6.42 Å². The second-order valence-electron chi connectivity index (χ2n) is 3.62. The number of aryl methyl sites for hydroxylation is 1. The second kappa shape index (κ2) is 4.06. The molecule has 1 aromatic rings. The molecular weight excluding hydrogens is 166 g/mol. The molecule has 68 valence electrons. The Kier molecular flexibility index (Phi) is 3.29. The van der Waals surface area contributed by atoms with Gasteiger partial charge in [0.1, 0.15) is 0 Å². The van der Waals surface area contributed by atoms with E-state index in [1.165, 1.54) is 9.75 Å². The lowest BCUT2D eigenvalue weighted by Gasteiger charge is -2.13. The van der Waals surface area contributed by atoms with Crippen LogP contribution in [0.3, 0.4) is 0 Å². The molecule has 2 heteroatoms. The summed E-state index contributed by atoms with van der Waals surface area (Å²) in [7, 11) is 0. The fraction of sp³-hybridized carbons (Fsp3) is 0.600. The molecule has 0 aromatic carbocycles. The summed E-state index contributed by atoms with van der Waals surface area (Å²) in [6, 6.07) is 4.65. The fourth-order valence-corrected chi connectivity index (χ4v) is 2.02. The zero-order chi connectivity index (χ0) is 9.14. The maximum atomic E-state index is 5.96. The molecule has 0 spiro atoms. The van der Waals surface area contributed by atoms with Gasteiger partial charge in [-0.25, -0.2) is 0 Å². The highest BCUT2D eigenvalue weighted by Gasteiger charge is 2.09. The van der Waals surface area contributed by atoms with Crippen LogP contribution in [0.2, 0.25) is 0 Å². The quantitative estimate of drug-likeness (QED) is 0.766. The predicted octanol–water partition coefficient (Wildman–Crippen LogP) is 2.58. The first kappa shape index (κ1) is 9.75. The fourth-order valence-electron chi connectivity index (χ4n) is 1.06. The van der Waals surface area contributed by atoms with Gasteiger partial charge in [-0.15, -0.1) is 11.3 Å². The molecule has 0 aliphatic rings. The average molecular weight is 183 g/mol. The first-order valence-electron chi connectivity index (χ1n) is 4.40. The van der Waals surface area contributed by atoms with Crippen molar-refractivity contribution in [1.29, 1.82) is 0 Å². The summed E-state index contributed by atoms with van der Waals surface area (Å²) in [5.41, 5.74) is 5.96. The van der Waals surface area contributed by atoms with Gasteiger partial charge in [-0.1, -0.05) is 13.8 Å². The van der Waals surface area contributed by atoms with Crippen molar-refractivity contribution in [1.82, 2.24) is 0 Å². The van der Waals surface area contributed by atoms with Gasteiger partial charge in [0, 0.05) is 15.8 Å². The average Bonchev–Trinajstić information content (AvgIpc) is 2.35. The predicted molar refractivity (Wildman–Crippen MR) is 55.6 cm³/mol. The lowest BCUT2D eigenvalue weighted by atomic mass is 10.0. The van der Waals surface area contributed by atoms with Crippen LogP contribution in [0.4, 0.5) is 0 Å². The molecule has 1 rings (SSSR count). The van der Waals surface area contributed by atoms with Gasteiger partial charge in [0.15, 0.2) is 0 Å². The summed E-state index contributed by atoms with van der Waals surface area (Å²) < 4.78 is 0. The minimum absolute atomic E-state index is 0.308. The molecule has 0 bridgehead atoms. The largest absolute Gasteiger partial charge is 0.327 e. The number of thiophene rings is 1. The summed E-state index contributed by atoms with van der Waals surface area (Å²) in [5, 5.41) is 0. The third-order valence-corrected chi connectivity index (χ3v) is 3.11.